The number of carbonyl (C=O) groups excluding carboxylic acids is 3. The van der Waals surface area contributed by atoms with E-state index in [2.05, 4.69) is 0 Å². The summed E-state index contributed by atoms with van der Waals surface area (Å²) < 4.78 is 4.85. The van der Waals surface area contributed by atoms with Crippen LogP contribution in [0.2, 0.25) is 0 Å². The van der Waals surface area contributed by atoms with Crippen molar-refractivity contribution >= 4 is 40.1 Å². The molecule has 2 aromatic carbocycles. The van der Waals surface area contributed by atoms with Crippen molar-refractivity contribution in [3.8, 4) is 11.5 Å². The average Bonchev–Trinajstić information content (AvgIpc) is 2.72. The molecule has 9 nitrogen and oxygen atoms in total. The predicted molar refractivity (Wildman–Crippen MR) is 114 cm³/mol. The number of aryl methyl sites for hydroxylation is 1. The van der Waals surface area contributed by atoms with Gasteiger partial charge in [-0.1, -0.05) is 12.1 Å². The number of hydrogen-bond donors (Lipinski definition) is 4. The minimum absolute atomic E-state index is 0.0209. The minimum Gasteiger partial charge on any atom is -0.507 e. The number of benzene rings is 2. The molecule has 0 saturated heterocycles. The Labute approximate surface area is 187 Å². The quantitative estimate of drug-likeness (QED) is 0.392. The SMILES string of the molecule is Cc1c2c(c(O)c3c(O)cccc13)C(=O)[C@]1(O)C(=O)C(C(N)=O)=C(OCl)[C@@H](N(C)C)C1C2. The maximum Gasteiger partial charge on any atom is 0.256 e. The number of nitrogens with two attached hydrogens (primary N) is 1. The summed E-state index contributed by atoms with van der Waals surface area (Å²) in [4.78, 5) is 40.6. The van der Waals surface area contributed by atoms with Crippen molar-refractivity contribution in [3.63, 3.8) is 0 Å². The highest BCUT2D eigenvalue weighted by Crippen LogP contribution is 2.50. The number of aliphatic hydroxyl groups is 1. The number of carbonyl (C=O) groups is 3. The van der Waals surface area contributed by atoms with E-state index in [0.717, 1.165) is 0 Å². The Morgan fingerprint density at radius 1 is 1.25 bits per heavy atom. The molecule has 0 heterocycles. The maximum atomic E-state index is 13.7. The van der Waals surface area contributed by atoms with Crippen LogP contribution in [0.3, 0.4) is 0 Å². The number of primary amides is 1. The van der Waals surface area contributed by atoms with Crippen LogP contribution >= 0.6 is 11.9 Å². The van der Waals surface area contributed by atoms with E-state index >= 15 is 0 Å². The highest BCUT2D eigenvalue weighted by Gasteiger charge is 2.63. The Balaban J connectivity index is 2.09. The lowest BCUT2D eigenvalue weighted by molar-refractivity contribution is -0.140. The fourth-order valence-corrected chi connectivity index (χ4v) is 5.27. The number of fused-ring (bicyclic) bond motifs is 3. The number of Topliss-reactive ketones (excluding diaryl/α,β-unsaturated/α-hetero) is 2. The van der Waals surface area contributed by atoms with Gasteiger partial charge in [0.05, 0.1) is 17.0 Å². The number of likely N-dealkylation sites (N-methyl/N-ethyl adjacent to an activating group) is 1. The summed E-state index contributed by atoms with van der Waals surface area (Å²) >= 11 is 5.61. The Bertz CT molecular complexity index is 1250. The number of nitrogens with zero attached hydrogens (tertiary/aromatic N) is 1. The van der Waals surface area contributed by atoms with E-state index in [9.17, 15) is 29.7 Å². The molecule has 4 rings (SSSR count). The standard InChI is InChI=1S/C22H21ClN2O7/c1-8-9-5-4-6-12(26)13(9)17(27)14-10(8)7-11-16(25(2)3)18(32-23)15(21(24)30)20(29)22(11,31)19(14)28/h4-6,11,16,26-27,31H,7H2,1-3H3,(H2,24,30)/t11?,16-,22-/m0/s1. The smallest absolute Gasteiger partial charge is 0.256 e. The molecule has 1 unspecified atom stereocenters. The number of phenols is 2. The van der Waals surface area contributed by atoms with Gasteiger partial charge in [0.25, 0.3) is 5.91 Å². The van der Waals surface area contributed by atoms with Crippen LogP contribution in [0.4, 0.5) is 0 Å². The third-order valence-electron chi connectivity index (χ3n) is 6.56. The zero-order chi connectivity index (χ0) is 23.7. The molecule has 0 aliphatic heterocycles. The molecular weight excluding hydrogens is 440 g/mol. The van der Waals surface area contributed by atoms with Crippen LogP contribution in [-0.2, 0) is 20.3 Å². The Morgan fingerprint density at radius 3 is 2.47 bits per heavy atom. The highest BCUT2D eigenvalue weighted by molar-refractivity contribution is 6.33. The molecule has 32 heavy (non-hydrogen) atoms. The molecule has 10 heteroatoms. The Kier molecular flexibility index (Phi) is 4.96. The van der Waals surface area contributed by atoms with Gasteiger partial charge in [-0.15, -0.1) is 0 Å². The zero-order valence-corrected chi connectivity index (χ0v) is 18.2. The normalized spacial score (nSPS) is 25.2. The molecule has 2 aliphatic carbocycles. The van der Waals surface area contributed by atoms with Gasteiger partial charge in [-0.3, -0.25) is 19.3 Å². The van der Waals surface area contributed by atoms with E-state index in [1.165, 1.54) is 6.07 Å². The predicted octanol–water partition coefficient (Wildman–Crippen LogP) is 1.07. The first-order valence-electron chi connectivity index (χ1n) is 9.75. The van der Waals surface area contributed by atoms with Crippen LogP contribution in [0, 0.1) is 12.8 Å². The van der Waals surface area contributed by atoms with Crippen molar-refractivity contribution < 1.29 is 34.0 Å². The Morgan fingerprint density at radius 2 is 1.91 bits per heavy atom. The second-order valence-electron chi connectivity index (χ2n) is 8.35. The molecule has 168 valence electrons. The first kappa shape index (κ1) is 22.1. The summed E-state index contributed by atoms with van der Waals surface area (Å²) in [5.41, 5.74) is 2.70. The summed E-state index contributed by atoms with van der Waals surface area (Å²) in [6.45, 7) is 1.72. The van der Waals surface area contributed by atoms with Gasteiger partial charge in [-0.05, 0) is 50.0 Å². The third-order valence-corrected chi connectivity index (χ3v) is 6.73. The summed E-state index contributed by atoms with van der Waals surface area (Å²) in [7, 11) is 3.22. The molecular formula is C22H21ClN2O7. The van der Waals surface area contributed by atoms with Crippen molar-refractivity contribution in [3.05, 3.63) is 46.2 Å². The molecule has 2 aromatic rings. The molecule has 5 N–H and O–H groups in total. The lowest BCUT2D eigenvalue weighted by atomic mass is 9.60. The van der Waals surface area contributed by atoms with Gasteiger partial charge in [-0.2, -0.15) is 0 Å². The van der Waals surface area contributed by atoms with Crippen molar-refractivity contribution in [2.45, 2.75) is 25.0 Å². The van der Waals surface area contributed by atoms with Crippen molar-refractivity contribution in [1.82, 2.24) is 4.90 Å². The van der Waals surface area contributed by atoms with Gasteiger partial charge in [0.1, 0.15) is 28.9 Å². The lowest BCUT2D eigenvalue weighted by Crippen LogP contribution is -2.66. The second kappa shape index (κ2) is 7.19. The zero-order valence-electron chi connectivity index (χ0n) is 17.5. The fraction of sp³-hybridized carbons (Fsp3) is 0.318. The Hall–Kier alpha value is -3.14. The number of hydrogen-bond acceptors (Lipinski definition) is 8. The molecule has 0 fully saturated rings. The van der Waals surface area contributed by atoms with Crippen LogP contribution in [0.1, 0.15) is 21.5 Å². The monoisotopic (exact) mass is 460 g/mol. The van der Waals surface area contributed by atoms with Crippen molar-refractivity contribution in [1.29, 1.82) is 0 Å². The first-order chi connectivity index (χ1) is 15.0. The molecule has 3 atom stereocenters. The van der Waals surface area contributed by atoms with Gasteiger partial charge in [0.15, 0.2) is 11.4 Å². The van der Waals surface area contributed by atoms with E-state index in [1.807, 2.05) is 0 Å². The third kappa shape index (κ3) is 2.62. The lowest BCUT2D eigenvalue weighted by Gasteiger charge is -2.47. The van der Waals surface area contributed by atoms with E-state index in [1.54, 1.807) is 38.1 Å². The van der Waals surface area contributed by atoms with E-state index < -0.39 is 46.4 Å². The first-order valence-corrected chi connectivity index (χ1v) is 10.1. The van der Waals surface area contributed by atoms with Crippen LogP contribution in [0.25, 0.3) is 10.8 Å². The number of ketones is 2. The molecule has 1 amide bonds. The van der Waals surface area contributed by atoms with Crippen molar-refractivity contribution in [2.24, 2.45) is 11.7 Å². The fourth-order valence-electron chi connectivity index (χ4n) is 5.10. The van der Waals surface area contributed by atoms with Crippen LogP contribution in [-0.4, -0.2) is 63.4 Å². The average molecular weight is 461 g/mol. The second-order valence-corrected chi connectivity index (χ2v) is 8.51. The van der Waals surface area contributed by atoms with Gasteiger partial charge < -0.3 is 25.3 Å². The number of halogens is 1. The van der Waals surface area contributed by atoms with E-state index in [4.69, 9.17) is 21.9 Å². The topological polar surface area (TPSA) is 150 Å². The summed E-state index contributed by atoms with van der Waals surface area (Å²) in [6, 6.07) is 3.69. The summed E-state index contributed by atoms with van der Waals surface area (Å²) in [5.74, 6) is -5.68. The van der Waals surface area contributed by atoms with Crippen LogP contribution < -0.4 is 5.73 Å². The molecule has 0 radical (unpaired) electrons. The van der Waals surface area contributed by atoms with Gasteiger partial charge in [0, 0.05) is 5.92 Å². The number of aromatic hydroxyl groups is 2. The highest BCUT2D eigenvalue weighted by atomic mass is 35.5. The largest absolute Gasteiger partial charge is 0.507 e. The van der Waals surface area contributed by atoms with Gasteiger partial charge in [-0.25, -0.2) is 0 Å². The number of phenolic OH excluding ortho intramolecular Hbond substituents is 2. The van der Waals surface area contributed by atoms with E-state index in [0.29, 0.717) is 16.5 Å². The maximum absolute atomic E-state index is 13.7. The summed E-state index contributed by atoms with van der Waals surface area (Å²) in [6.07, 6.45) is -0.0209. The van der Waals surface area contributed by atoms with Crippen LogP contribution in [0.5, 0.6) is 11.5 Å². The molecule has 0 saturated carbocycles. The molecule has 0 aromatic heterocycles. The molecule has 0 spiro atoms. The number of amides is 1. The van der Waals surface area contributed by atoms with Gasteiger partial charge >= 0.3 is 0 Å². The van der Waals surface area contributed by atoms with E-state index in [-0.39, 0.29) is 28.9 Å². The van der Waals surface area contributed by atoms with Crippen molar-refractivity contribution in [2.75, 3.05) is 14.1 Å². The molecule has 0 bridgehead atoms. The minimum atomic E-state index is -2.70. The van der Waals surface area contributed by atoms with Gasteiger partial charge in [0.2, 0.25) is 11.6 Å². The number of rotatable bonds is 3. The molecule has 2 aliphatic rings. The summed E-state index contributed by atoms with van der Waals surface area (Å²) in [5, 5.41) is 33.3. The van der Waals surface area contributed by atoms with Crippen LogP contribution in [0.15, 0.2) is 29.5 Å².